The Morgan fingerprint density at radius 2 is 1.69 bits per heavy atom. The minimum absolute atomic E-state index is 0.247. The zero-order valence-electron chi connectivity index (χ0n) is 19.2. The van der Waals surface area contributed by atoms with Crippen LogP contribution in [0.25, 0.3) is 32.5 Å². The lowest BCUT2D eigenvalue weighted by Gasteiger charge is -2.15. The normalized spacial score (nSPS) is 12.0. The van der Waals surface area contributed by atoms with E-state index in [1.54, 1.807) is 19.1 Å². The van der Waals surface area contributed by atoms with Crippen molar-refractivity contribution in [1.82, 2.24) is 9.55 Å². The van der Waals surface area contributed by atoms with E-state index in [9.17, 15) is 9.59 Å². The summed E-state index contributed by atoms with van der Waals surface area (Å²) in [6.45, 7) is 3.57. The maximum atomic E-state index is 13.5. The Hall–Kier alpha value is -3.74. The molecule has 2 heterocycles. The van der Waals surface area contributed by atoms with Crippen LogP contribution in [0, 0.1) is 6.92 Å². The highest BCUT2D eigenvalue weighted by atomic mass is 35.5. The number of aromatic nitrogens is 2. The molecule has 3 aromatic carbocycles. The van der Waals surface area contributed by atoms with Gasteiger partial charge in [-0.2, -0.15) is 0 Å². The molecule has 5 aromatic rings. The number of halogens is 1. The van der Waals surface area contributed by atoms with Crippen molar-refractivity contribution in [2.24, 2.45) is 0 Å². The summed E-state index contributed by atoms with van der Waals surface area (Å²) < 4.78 is 1.38. The Kier molecular flexibility index (Phi) is 6.24. The Bertz CT molecular complexity index is 1590. The number of aryl methyl sites for hydroxylation is 1. The molecule has 0 aliphatic heterocycles. The van der Waals surface area contributed by atoms with Gasteiger partial charge < -0.3 is 5.32 Å². The van der Waals surface area contributed by atoms with Crippen LogP contribution in [0.3, 0.4) is 0 Å². The number of fused-ring (bicyclic) bond motifs is 1. The van der Waals surface area contributed by atoms with Gasteiger partial charge in [-0.1, -0.05) is 72.3 Å². The number of carbonyl (C=O) groups excluding carboxylic acids is 1. The largest absolute Gasteiger partial charge is 0.324 e. The molecule has 0 aliphatic rings. The molecule has 1 atom stereocenters. The second-order valence-corrected chi connectivity index (χ2v) is 9.62. The van der Waals surface area contributed by atoms with Crippen LogP contribution in [0.1, 0.15) is 18.5 Å². The molecule has 0 fully saturated rings. The SMILES string of the molecule is Cc1ccc(NC(=O)C(C)n2cnc3scc(-c4ccc(-c5ccccc5)cc4)c3c2=O)cc1Cl. The van der Waals surface area contributed by atoms with E-state index >= 15 is 0 Å². The maximum absolute atomic E-state index is 13.5. The van der Waals surface area contributed by atoms with Gasteiger partial charge in [0.05, 0.1) is 11.7 Å². The van der Waals surface area contributed by atoms with Crippen molar-refractivity contribution < 1.29 is 4.79 Å². The van der Waals surface area contributed by atoms with Crippen LogP contribution < -0.4 is 10.9 Å². The van der Waals surface area contributed by atoms with Crippen molar-refractivity contribution in [2.45, 2.75) is 19.9 Å². The predicted octanol–water partition coefficient (Wildman–Crippen LogP) is 6.95. The predicted molar refractivity (Wildman–Crippen MR) is 144 cm³/mol. The molecule has 0 spiro atoms. The summed E-state index contributed by atoms with van der Waals surface area (Å²) in [5.74, 6) is -0.322. The number of nitrogens with zero attached hydrogens (tertiary/aromatic N) is 2. The zero-order chi connectivity index (χ0) is 24.5. The zero-order valence-corrected chi connectivity index (χ0v) is 20.7. The quantitative estimate of drug-likeness (QED) is 0.284. The van der Waals surface area contributed by atoms with Crippen LogP contribution >= 0.6 is 22.9 Å². The van der Waals surface area contributed by atoms with Crippen molar-refractivity contribution in [3.8, 4) is 22.3 Å². The van der Waals surface area contributed by atoms with Gasteiger partial charge in [0, 0.05) is 21.7 Å². The van der Waals surface area contributed by atoms with Crippen LogP contribution in [0.2, 0.25) is 5.02 Å². The first-order valence-corrected chi connectivity index (χ1v) is 12.4. The molecular weight excluding hydrogens is 478 g/mol. The molecule has 0 bridgehead atoms. The lowest BCUT2D eigenvalue weighted by Crippen LogP contribution is -2.31. The second-order valence-electron chi connectivity index (χ2n) is 8.36. The average Bonchev–Trinajstić information content (AvgIpc) is 3.32. The number of hydrogen-bond donors (Lipinski definition) is 1. The third kappa shape index (κ3) is 4.50. The highest BCUT2D eigenvalue weighted by Gasteiger charge is 2.20. The van der Waals surface area contributed by atoms with E-state index in [0.29, 0.717) is 20.9 Å². The number of amides is 1. The first-order chi connectivity index (χ1) is 16.9. The van der Waals surface area contributed by atoms with Gasteiger partial charge in [-0.3, -0.25) is 14.2 Å². The smallest absolute Gasteiger partial charge is 0.263 e. The second kappa shape index (κ2) is 9.49. The van der Waals surface area contributed by atoms with Gasteiger partial charge in [-0.15, -0.1) is 11.3 Å². The molecule has 1 N–H and O–H groups in total. The van der Waals surface area contributed by atoms with Gasteiger partial charge in [0.15, 0.2) is 0 Å². The Balaban J connectivity index is 1.46. The number of thiophene rings is 1. The van der Waals surface area contributed by atoms with E-state index in [1.807, 2.05) is 60.8 Å². The highest BCUT2D eigenvalue weighted by Crippen LogP contribution is 2.32. The molecule has 2 aromatic heterocycles. The summed E-state index contributed by atoms with van der Waals surface area (Å²) >= 11 is 7.59. The summed E-state index contributed by atoms with van der Waals surface area (Å²) in [7, 11) is 0. The van der Waals surface area contributed by atoms with Gasteiger partial charge in [0.25, 0.3) is 5.56 Å². The Labute approximate surface area is 211 Å². The van der Waals surface area contributed by atoms with Crippen LogP contribution in [0.5, 0.6) is 0 Å². The fraction of sp³-hybridized carbons (Fsp3) is 0.107. The molecule has 174 valence electrons. The Morgan fingerprint density at radius 1 is 1.00 bits per heavy atom. The number of nitrogens with one attached hydrogen (secondary N) is 1. The summed E-state index contributed by atoms with van der Waals surface area (Å²) in [6.07, 6.45) is 1.44. The monoisotopic (exact) mass is 499 g/mol. The molecule has 0 saturated heterocycles. The van der Waals surface area contributed by atoms with Crippen molar-refractivity contribution in [2.75, 3.05) is 5.32 Å². The van der Waals surface area contributed by atoms with E-state index in [0.717, 1.165) is 27.8 Å². The topological polar surface area (TPSA) is 64.0 Å². The van der Waals surface area contributed by atoms with Crippen LogP contribution in [0.4, 0.5) is 5.69 Å². The number of rotatable bonds is 5. The maximum Gasteiger partial charge on any atom is 0.263 e. The van der Waals surface area contributed by atoms with Crippen molar-refractivity contribution >= 4 is 44.7 Å². The van der Waals surface area contributed by atoms with Gasteiger partial charge in [-0.25, -0.2) is 4.98 Å². The third-order valence-electron chi connectivity index (χ3n) is 6.06. The molecule has 1 amide bonds. The van der Waals surface area contributed by atoms with E-state index in [2.05, 4.69) is 22.4 Å². The average molecular weight is 500 g/mol. The summed E-state index contributed by atoms with van der Waals surface area (Å²) in [6, 6.07) is 22.8. The number of hydrogen-bond acceptors (Lipinski definition) is 4. The fourth-order valence-electron chi connectivity index (χ4n) is 3.95. The minimum atomic E-state index is -0.757. The van der Waals surface area contributed by atoms with E-state index in [4.69, 9.17) is 11.6 Å². The van der Waals surface area contributed by atoms with Crippen molar-refractivity contribution in [3.05, 3.63) is 105 Å². The highest BCUT2D eigenvalue weighted by molar-refractivity contribution is 7.17. The van der Waals surface area contributed by atoms with Crippen LogP contribution in [-0.2, 0) is 4.79 Å². The molecule has 5 rings (SSSR count). The van der Waals surface area contributed by atoms with Crippen LogP contribution in [-0.4, -0.2) is 15.5 Å². The molecular formula is C28H22ClN3O2S. The molecule has 0 aliphatic carbocycles. The van der Waals surface area contributed by atoms with Gasteiger partial charge in [0.1, 0.15) is 10.9 Å². The molecule has 1 unspecified atom stereocenters. The van der Waals surface area contributed by atoms with Gasteiger partial charge in [-0.05, 0) is 48.2 Å². The summed E-state index contributed by atoms with van der Waals surface area (Å²) in [5.41, 5.74) is 5.23. The molecule has 7 heteroatoms. The minimum Gasteiger partial charge on any atom is -0.324 e. The Morgan fingerprint density at radius 3 is 2.40 bits per heavy atom. The van der Waals surface area contributed by atoms with Gasteiger partial charge >= 0.3 is 0 Å². The van der Waals surface area contributed by atoms with Gasteiger partial charge in [0.2, 0.25) is 5.91 Å². The van der Waals surface area contributed by atoms with Crippen molar-refractivity contribution in [1.29, 1.82) is 0 Å². The van der Waals surface area contributed by atoms with Crippen molar-refractivity contribution in [3.63, 3.8) is 0 Å². The summed E-state index contributed by atoms with van der Waals surface area (Å²) in [4.78, 5) is 31.5. The van der Waals surface area contributed by atoms with E-state index in [-0.39, 0.29) is 11.5 Å². The molecule has 0 radical (unpaired) electrons. The van der Waals surface area contributed by atoms with Crippen LogP contribution in [0.15, 0.2) is 89.3 Å². The molecule has 35 heavy (non-hydrogen) atoms. The first kappa shape index (κ1) is 23.0. The molecule has 0 saturated carbocycles. The number of carbonyl (C=O) groups is 1. The third-order valence-corrected chi connectivity index (χ3v) is 7.35. The number of benzene rings is 3. The first-order valence-electron chi connectivity index (χ1n) is 11.1. The fourth-order valence-corrected chi connectivity index (χ4v) is 5.04. The lowest BCUT2D eigenvalue weighted by molar-refractivity contribution is -0.118. The standard InChI is InChI=1S/C28H22ClN3O2S/c1-17-8-13-22(14-24(17)29)31-26(33)18(2)32-16-30-27-25(28(32)34)23(15-35-27)21-11-9-20(10-12-21)19-6-4-3-5-7-19/h3-16,18H,1-2H3,(H,31,33). The summed E-state index contributed by atoms with van der Waals surface area (Å²) in [5, 5.41) is 5.86. The lowest BCUT2D eigenvalue weighted by atomic mass is 10.0. The number of anilines is 1. The van der Waals surface area contributed by atoms with E-state index < -0.39 is 6.04 Å². The molecule has 5 nitrogen and oxygen atoms in total. The van der Waals surface area contributed by atoms with E-state index in [1.165, 1.54) is 22.2 Å².